The normalized spacial score (nSPS) is 10.0. The summed E-state index contributed by atoms with van der Waals surface area (Å²) in [6.45, 7) is 3.57. The first-order valence-electron chi connectivity index (χ1n) is 7.57. The highest BCUT2D eigenvalue weighted by Crippen LogP contribution is 2.14. The fraction of sp³-hybridized carbons (Fsp3) is 0.167. The van der Waals surface area contributed by atoms with Gasteiger partial charge >= 0.3 is 11.8 Å². The van der Waals surface area contributed by atoms with Crippen LogP contribution in [0.15, 0.2) is 46.9 Å². The summed E-state index contributed by atoms with van der Waals surface area (Å²) in [5.74, 6) is -2.11. The molecule has 2 aromatic rings. The van der Waals surface area contributed by atoms with Crippen molar-refractivity contribution in [1.82, 2.24) is 5.32 Å². The van der Waals surface area contributed by atoms with Crippen molar-refractivity contribution in [3.8, 4) is 0 Å². The molecule has 0 aliphatic rings. The van der Waals surface area contributed by atoms with Gasteiger partial charge in [-0.1, -0.05) is 22.0 Å². The van der Waals surface area contributed by atoms with Crippen molar-refractivity contribution in [2.24, 2.45) is 0 Å². The lowest BCUT2D eigenvalue weighted by Crippen LogP contribution is -2.39. The minimum absolute atomic E-state index is 0.296. The van der Waals surface area contributed by atoms with Gasteiger partial charge in [0.25, 0.3) is 0 Å². The minimum Gasteiger partial charge on any atom is -0.339 e. The number of carbonyl (C=O) groups excluding carboxylic acids is 3. The number of amides is 3. The van der Waals surface area contributed by atoms with Crippen LogP contribution in [0.2, 0.25) is 0 Å². The van der Waals surface area contributed by atoms with Crippen molar-refractivity contribution < 1.29 is 14.4 Å². The molecule has 0 fully saturated rings. The summed E-state index contributed by atoms with van der Waals surface area (Å²) in [6, 6.07) is 12.4. The van der Waals surface area contributed by atoms with Crippen LogP contribution in [0.1, 0.15) is 11.1 Å². The highest BCUT2D eigenvalue weighted by molar-refractivity contribution is 9.10. The van der Waals surface area contributed by atoms with Gasteiger partial charge in [-0.25, -0.2) is 0 Å². The Labute approximate surface area is 154 Å². The molecule has 0 aromatic heterocycles. The van der Waals surface area contributed by atoms with Crippen molar-refractivity contribution >= 4 is 45.0 Å². The molecule has 7 heteroatoms. The van der Waals surface area contributed by atoms with Gasteiger partial charge in [0.2, 0.25) is 5.91 Å². The van der Waals surface area contributed by atoms with E-state index in [9.17, 15) is 14.4 Å². The van der Waals surface area contributed by atoms with E-state index in [1.54, 1.807) is 36.4 Å². The van der Waals surface area contributed by atoms with Gasteiger partial charge in [-0.2, -0.15) is 0 Å². The van der Waals surface area contributed by atoms with E-state index in [0.29, 0.717) is 11.4 Å². The molecule has 0 saturated carbocycles. The zero-order chi connectivity index (χ0) is 18.4. The fourth-order valence-electron chi connectivity index (χ4n) is 1.99. The van der Waals surface area contributed by atoms with Crippen LogP contribution in [0.5, 0.6) is 0 Å². The summed E-state index contributed by atoms with van der Waals surface area (Å²) in [4.78, 5) is 35.4. The van der Waals surface area contributed by atoms with Crippen LogP contribution in [0.3, 0.4) is 0 Å². The molecule has 0 atom stereocenters. The second kappa shape index (κ2) is 8.43. The molecule has 0 bridgehead atoms. The standard InChI is InChI=1S/C18H18BrN3O3/c1-11-3-6-15(9-12(11)2)22-18(25)17(24)20-10-16(23)21-14-7-4-13(19)5-8-14/h3-9H,10H2,1-2H3,(H,20,24)(H,21,23)(H,22,25). The van der Waals surface area contributed by atoms with E-state index < -0.39 is 17.7 Å². The first-order chi connectivity index (χ1) is 11.8. The smallest absolute Gasteiger partial charge is 0.313 e. The number of hydrogen-bond donors (Lipinski definition) is 3. The van der Waals surface area contributed by atoms with Crippen molar-refractivity contribution in [2.75, 3.05) is 17.2 Å². The van der Waals surface area contributed by atoms with Crippen LogP contribution < -0.4 is 16.0 Å². The molecule has 130 valence electrons. The van der Waals surface area contributed by atoms with E-state index >= 15 is 0 Å². The quantitative estimate of drug-likeness (QED) is 0.685. The first-order valence-corrected chi connectivity index (χ1v) is 8.36. The van der Waals surface area contributed by atoms with Gasteiger partial charge < -0.3 is 16.0 Å². The van der Waals surface area contributed by atoms with Crippen LogP contribution >= 0.6 is 15.9 Å². The molecular formula is C18H18BrN3O3. The van der Waals surface area contributed by atoms with Crippen molar-refractivity contribution in [2.45, 2.75) is 13.8 Å². The summed E-state index contributed by atoms with van der Waals surface area (Å²) in [5.41, 5.74) is 3.23. The molecule has 0 aliphatic heterocycles. The summed E-state index contributed by atoms with van der Waals surface area (Å²) in [5, 5.41) is 7.41. The first kappa shape index (κ1) is 18.7. The Morgan fingerprint density at radius 1 is 0.840 bits per heavy atom. The Balaban J connectivity index is 1.82. The molecule has 0 spiro atoms. The lowest BCUT2D eigenvalue weighted by molar-refractivity contribution is -0.136. The molecule has 2 aromatic carbocycles. The third-order valence-corrected chi connectivity index (χ3v) is 4.04. The highest BCUT2D eigenvalue weighted by Gasteiger charge is 2.15. The van der Waals surface area contributed by atoms with Gasteiger partial charge in [0, 0.05) is 15.8 Å². The number of rotatable bonds is 4. The Morgan fingerprint density at radius 2 is 1.48 bits per heavy atom. The second-order valence-electron chi connectivity index (χ2n) is 5.49. The summed E-state index contributed by atoms with van der Waals surface area (Å²) in [6.07, 6.45) is 0. The monoisotopic (exact) mass is 403 g/mol. The number of benzene rings is 2. The van der Waals surface area contributed by atoms with E-state index in [2.05, 4.69) is 31.9 Å². The van der Waals surface area contributed by atoms with E-state index in [4.69, 9.17) is 0 Å². The molecule has 6 nitrogen and oxygen atoms in total. The number of carbonyl (C=O) groups is 3. The molecule has 0 radical (unpaired) electrons. The molecule has 0 aliphatic carbocycles. The van der Waals surface area contributed by atoms with Gasteiger partial charge in [0.05, 0.1) is 6.54 Å². The van der Waals surface area contributed by atoms with Gasteiger partial charge in [0.1, 0.15) is 0 Å². The number of hydrogen-bond acceptors (Lipinski definition) is 3. The summed E-state index contributed by atoms with van der Waals surface area (Å²) in [7, 11) is 0. The Morgan fingerprint density at radius 3 is 2.12 bits per heavy atom. The third-order valence-electron chi connectivity index (χ3n) is 3.51. The van der Waals surface area contributed by atoms with Crippen molar-refractivity contribution in [3.63, 3.8) is 0 Å². The Bertz CT molecular complexity index is 804. The van der Waals surface area contributed by atoms with Crippen molar-refractivity contribution in [1.29, 1.82) is 0 Å². The maximum absolute atomic E-state index is 11.9. The average Bonchev–Trinajstić information content (AvgIpc) is 2.58. The summed E-state index contributed by atoms with van der Waals surface area (Å²) >= 11 is 3.30. The molecule has 3 N–H and O–H groups in total. The number of halogens is 1. The predicted molar refractivity (Wildman–Crippen MR) is 100 cm³/mol. The van der Waals surface area contributed by atoms with E-state index in [-0.39, 0.29) is 6.54 Å². The fourth-order valence-corrected chi connectivity index (χ4v) is 2.25. The van der Waals surface area contributed by atoms with E-state index in [1.165, 1.54) is 0 Å². The Kier molecular flexibility index (Phi) is 6.30. The van der Waals surface area contributed by atoms with Crippen LogP contribution in [0, 0.1) is 13.8 Å². The highest BCUT2D eigenvalue weighted by atomic mass is 79.9. The van der Waals surface area contributed by atoms with Crippen LogP contribution in [-0.2, 0) is 14.4 Å². The third kappa shape index (κ3) is 5.72. The van der Waals surface area contributed by atoms with Gasteiger partial charge in [-0.3, -0.25) is 14.4 Å². The van der Waals surface area contributed by atoms with Gasteiger partial charge in [0.15, 0.2) is 0 Å². The molecule has 25 heavy (non-hydrogen) atoms. The number of aryl methyl sites for hydroxylation is 2. The Hall–Kier alpha value is -2.67. The number of anilines is 2. The van der Waals surface area contributed by atoms with Crippen molar-refractivity contribution in [3.05, 3.63) is 58.1 Å². The minimum atomic E-state index is -0.871. The lowest BCUT2D eigenvalue weighted by atomic mass is 10.1. The SMILES string of the molecule is Cc1ccc(NC(=O)C(=O)NCC(=O)Nc2ccc(Br)cc2)cc1C. The van der Waals surface area contributed by atoms with Gasteiger partial charge in [-0.05, 0) is 61.4 Å². The largest absolute Gasteiger partial charge is 0.339 e. The molecule has 0 unspecified atom stereocenters. The summed E-state index contributed by atoms with van der Waals surface area (Å²) < 4.78 is 0.891. The zero-order valence-electron chi connectivity index (χ0n) is 13.9. The molecule has 0 saturated heterocycles. The topological polar surface area (TPSA) is 87.3 Å². The second-order valence-corrected chi connectivity index (χ2v) is 6.41. The van der Waals surface area contributed by atoms with Gasteiger partial charge in [-0.15, -0.1) is 0 Å². The van der Waals surface area contributed by atoms with E-state index in [0.717, 1.165) is 15.6 Å². The van der Waals surface area contributed by atoms with E-state index in [1.807, 2.05) is 19.9 Å². The average molecular weight is 404 g/mol. The van der Waals surface area contributed by atoms with Crippen LogP contribution in [0.25, 0.3) is 0 Å². The molecular weight excluding hydrogens is 386 g/mol. The zero-order valence-corrected chi connectivity index (χ0v) is 15.4. The number of nitrogens with one attached hydrogen (secondary N) is 3. The molecule has 3 amide bonds. The lowest BCUT2D eigenvalue weighted by Gasteiger charge is -2.09. The maximum Gasteiger partial charge on any atom is 0.313 e. The molecule has 2 rings (SSSR count). The van der Waals surface area contributed by atoms with Crippen LogP contribution in [-0.4, -0.2) is 24.3 Å². The molecule has 0 heterocycles. The maximum atomic E-state index is 11.9. The predicted octanol–water partition coefficient (Wildman–Crippen LogP) is 2.76. The van der Waals surface area contributed by atoms with Crippen LogP contribution in [0.4, 0.5) is 11.4 Å².